The van der Waals surface area contributed by atoms with Gasteiger partial charge in [0.1, 0.15) is 16.2 Å². The van der Waals surface area contributed by atoms with Crippen molar-refractivity contribution in [3.05, 3.63) is 37.8 Å². The molecule has 3 nitrogen and oxygen atoms in total. The summed E-state index contributed by atoms with van der Waals surface area (Å²) in [5.74, 6) is 1.62. The lowest BCUT2D eigenvalue weighted by Gasteiger charge is -2.19. The van der Waals surface area contributed by atoms with E-state index in [1.54, 1.807) is 11.3 Å². The van der Waals surface area contributed by atoms with E-state index < -0.39 is 0 Å². The molecule has 1 atom stereocenters. The molecule has 0 aliphatic heterocycles. The Bertz CT molecular complexity index is 607. The zero-order valence-corrected chi connectivity index (χ0v) is 15.0. The van der Waals surface area contributed by atoms with Gasteiger partial charge in [-0.2, -0.15) is 0 Å². The van der Waals surface area contributed by atoms with Gasteiger partial charge in [-0.1, -0.05) is 32.4 Å². The lowest BCUT2D eigenvalue weighted by atomic mass is 9.96. The lowest BCUT2D eigenvalue weighted by molar-refractivity contribution is 0.544. The van der Waals surface area contributed by atoms with Crippen LogP contribution in [0.15, 0.2) is 22.8 Å². The molecule has 1 unspecified atom stereocenters. The monoisotopic (exact) mass is 373 g/mol. The first kappa shape index (κ1) is 15.7. The molecular formula is C14H17BrClN3S. The average Bonchev–Trinajstić information content (AvgIpc) is 2.74. The summed E-state index contributed by atoms with van der Waals surface area (Å²) in [6.45, 7) is 8.39. The number of hydrogen-bond donors (Lipinski definition) is 1. The van der Waals surface area contributed by atoms with Crippen LogP contribution in [-0.4, -0.2) is 9.97 Å². The number of thiophene rings is 1. The summed E-state index contributed by atoms with van der Waals surface area (Å²) in [7, 11) is 0. The van der Waals surface area contributed by atoms with Crippen LogP contribution in [0, 0.1) is 0 Å². The van der Waals surface area contributed by atoms with Crippen LogP contribution in [0.4, 0.5) is 5.82 Å². The normalized spacial score (nSPS) is 13.3. The van der Waals surface area contributed by atoms with Crippen LogP contribution in [-0.2, 0) is 5.41 Å². The summed E-state index contributed by atoms with van der Waals surface area (Å²) >= 11 is 11.0. The molecule has 0 aliphatic carbocycles. The van der Waals surface area contributed by atoms with E-state index in [4.69, 9.17) is 11.6 Å². The van der Waals surface area contributed by atoms with Gasteiger partial charge in [0.05, 0.1) is 10.4 Å². The Hall–Kier alpha value is -0.650. The molecule has 1 N–H and O–H groups in total. The average molecular weight is 375 g/mol. The van der Waals surface area contributed by atoms with Crippen LogP contribution in [0.1, 0.15) is 44.4 Å². The number of nitrogens with zero attached hydrogens (tertiary/aromatic N) is 2. The van der Waals surface area contributed by atoms with Gasteiger partial charge >= 0.3 is 0 Å². The van der Waals surface area contributed by atoms with Crippen LogP contribution < -0.4 is 5.32 Å². The first-order valence-electron chi connectivity index (χ1n) is 6.32. The van der Waals surface area contributed by atoms with Crippen molar-refractivity contribution in [3.63, 3.8) is 0 Å². The quantitative estimate of drug-likeness (QED) is 0.728. The molecule has 0 saturated carbocycles. The van der Waals surface area contributed by atoms with E-state index in [0.717, 1.165) is 20.6 Å². The second kappa shape index (κ2) is 6.00. The second-order valence-electron chi connectivity index (χ2n) is 5.66. The third-order valence-corrected chi connectivity index (χ3v) is 4.57. The smallest absolute Gasteiger partial charge is 0.137 e. The molecule has 2 rings (SSSR count). The minimum Gasteiger partial charge on any atom is -0.363 e. The van der Waals surface area contributed by atoms with E-state index in [1.165, 1.54) is 4.88 Å². The summed E-state index contributed by atoms with van der Waals surface area (Å²) in [6, 6.07) is 5.99. The summed E-state index contributed by atoms with van der Waals surface area (Å²) in [6.07, 6.45) is 0. The topological polar surface area (TPSA) is 37.8 Å². The maximum atomic E-state index is 5.98. The molecule has 2 aromatic heterocycles. The SMILES string of the molecule is CC(Nc1cc(Br)nc(C(C)(C)C)n1)c1ccc(Cl)s1. The van der Waals surface area contributed by atoms with E-state index in [9.17, 15) is 0 Å². The summed E-state index contributed by atoms with van der Waals surface area (Å²) in [4.78, 5) is 10.2. The fraction of sp³-hybridized carbons (Fsp3) is 0.429. The van der Waals surface area contributed by atoms with Gasteiger partial charge in [0.2, 0.25) is 0 Å². The predicted molar refractivity (Wildman–Crippen MR) is 89.8 cm³/mol. The molecule has 20 heavy (non-hydrogen) atoms. The van der Waals surface area contributed by atoms with Crippen LogP contribution >= 0.6 is 38.9 Å². The Balaban J connectivity index is 2.23. The molecule has 108 valence electrons. The highest BCUT2D eigenvalue weighted by Crippen LogP contribution is 2.29. The number of nitrogens with one attached hydrogen (secondary N) is 1. The second-order valence-corrected chi connectivity index (χ2v) is 8.22. The predicted octanol–water partition coefficient (Wildman–Crippen LogP) is 5.42. The fourth-order valence-corrected chi connectivity index (χ4v) is 3.13. The van der Waals surface area contributed by atoms with E-state index in [1.807, 2.05) is 18.2 Å². The number of halogens is 2. The van der Waals surface area contributed by atoms with Gasteiger partial charge in [0.15, 0.2) is 0 Å². The van der Waals surface area contributed by atoms with E-state index in [2.05, 4.69) is 58.9 Å². The van der Waals surface area contributed by atoms with E-state index in [0.29, 0.717) is 0 Å². The minimum atomic E-state index is -0.0876. The minimum absolute atomic E-state index is 0.0876. The Labute approximate surface area is 136 Å². The Morgan fingerprint density at radius 2 is 2.00 bits per heavy atom. The Morgan fingerprint density at radius 3 is 2.55 bits per heavy atom. The van der Waals surface area contributed by atoms with Gasteiger partial charge in [-0.15, -0.1) is 11.3 Å². The highest BCUT2D eigenvalue weighted by Gasteiger charge is 2.19. The molecule has 0 fully saturated rings. The lowest BCUT2D eigenvalue weighted by Crippen LogP contribution is -2.18. The van der Waals surface area contributed by atoms with Crippen molar-refractivity contribution in [1.29, 1.82) is 0 Å². The van der Waals surface area contributed by atoms with Crippen molar-refractivity contribution in [2.45, 2.75) is 39.2 Å². The summed E-state index contributed by atoms with van der Waals surface area (Å²) in [5.41, 5.74) is -0.0876. The van der Waals surface area contributed by atoms with Gasteiger partial charge in [-0.05, 0) is 35.0 Å². The van der Waals surface area contributed by atoms with E-state index in [-0.39, 0.29) is 11.5 Å². The summed E-state index contributed by atoms with van der Waals surface area (Å²) < 4.78 is 1.59. The zero-order valence-electron chi connectivity index (χ0n) is 11.9. The molecule has 0 saturated heterocycles. The van der Waals surface area contributed by atoms with Crippen molar-refractivity contribution >= 4 is 44.7 Å². The van der Waals surface area contributed by atoms with Gasteiger partial charge in [0, 0.05) is 16.4 Å². The van der Waals surface area contributed by atoms with Gasteiger partial charge in [-0.25, -0.2) is 9.97 Å². The van der Waals surface area contributed by atoms with Crippen molar-refractivity contribution < 1.29 is 0 Å². The van der Waals surface area contributed by atoms with Gasteiger partial charge < -0.3 is 5.32 Å². The van der Waals surface area contributed by atoms with Crippen molar-refractivity contribution in [2.75, 3.05) is 5.32 Å². The third kappa shape index (κ3) is 3.93. The third-order valence-electron chi connectivity index (χ3n) is 2.75. The molecule has 6 heteroatoms. The molecule has 0 spiro atoms. The van der Waals surface area contributed by atoms with Crippen LogP contribution in [0.3, 0.4) is 0 Å². The number of hydrogen-bond acceptors (Lipinski definition) is 4. The van der Waals surface area contributed by atoms with Gasteiger partial charge in [-0.3, -0.25) is 0 Å². The van der Waals surface area contributed by atoms with Crippen molar-refractivity contribution in [1.82, 2.24) is 9.97 Å². The molecule has 0 aliphatic rings. The fourth-order valence-electron chi connectivity index (χ4n) is 1.68. The van der Waals surface area contributed by atoms with Crippen LogP contribution in [0.25, 0.3) is 0 Å². The first-order chi connectivity index (χ1) is 9.25. The molecular weight excluding hydrogens is 358 g/mol. The molecule has 0 bridgehead atoms. The van der Waals surface area contributed by atoms with Gasteiger partial charge in [0.25, 0.3) is 0 Å². The largest absolute Gasteiger partial charge is 0.363 e. The first-order valence-corrected chi connectivity index (χ1v) is 8.31. The number of anilines is 1. The summed E-state index contributed by atoms with van der Waals surface area (Å²) in [5, 5.41) is 3.40. The maximum absolute atomic E-state index is 5.98. The molecule has 2 aromatic rings. The number of rotatable bonds is 3. The van der Waals surface area contributed by atoms with Crippen molar-refractivity contribution in [2.24, 2.45) is 0 Å². The number of aromatic nitrogens is 2. The molecule has 0 amide bonds. The molecule has 2 heterocycles. The van der Waals surface area contributed by atoms with Crippen LogP contribution in [0.5, 0.6) is 0 Å². The van der Waals surface area contributed by atoms with Crippen molar-refractivity contribution in [3.8, 4) is 0 Å². The highest BCUT2D eigenvalue weighted by atomic mass is 79.9. The van der Waals surface area contributed by atoms with Crippen LogP contribution in [0.2, 0.25) is 4.34 Å². The molecule has 0 radical (unpaired) electrons. The molecule has 0 aromatic carbocycles. The Morgan fingerprint density at radius 1 is 1.30 bits per heavy atom. The standard InChI is InChI=1S/C14H17BrClN3S/c1-8(9-5-6-11(16)20-9)17-12-7-10(15)18-13(19-12)14(2,3)4/h5-8H,1-4H3,(H,17,18,19). The highest BCUT2D eigenvalue weighted by molar-refractivity contribution is 9.10. The zero-order chi connectivity index (χ0) is 14.9. The van der Waals surface area contributed by atoms with E-state index >= 15 is 0 Å². The Kier molecular flexibility index (Phi) is 4.72. The maximum Gasteiger partial charge on any atom is 0.137 e.